The molecule has 0 aliphatic carbocycles. The number of para-hydroxylation sites is 1. The van der Waals surface area contributed by atoms with E-state index in [1.807, 2.05) is 17.2 Å². The van der Waals surface area contributed by atoms with Crippen LogP contribution in [-0.4, -0.2) is 24.3 Å². The van der Waals surface area contributed by atoms with Gasteiger partial charge in [0.25, 0.3) is 0 Å². The number of rotatable bonds is 6. The van der Waals surface area contributed by atoms with E-state index in [0.29, 0.717) is 5.82 Å². The number of aromatic nitrogens is 5. The van der Waals surface area contributed by atoms with E-state index in [4.69, 9.17) is 19.8 Å². The highest BCUT2D eigenvalue weighted by atomic mass is 16.5. The summed E-state index contributed by atoms with van der Waals surface area (Å²) in [5, 5.41) is 7.32. The lowest BCUT2D eigenvalue weighted by Crippen LogP contribution is -2.11. The van der Waals surface area contributed by atoms with Crippen molar-refractivity contribution >= 4 is 21.8 Å². The quantitative estimate of drug-likeness (QED) is 0.172. The van der Waals surface area contributed by atoms with Crippen LogP contribution in [0.1, 0.15) is 65.3 Å². The van der Waals surface area contributed by atoms with Gasteiger partial charge in [0.05, 0.1) is 16.7 Å². The van der Waals surface area contributed by atoms with E-state index in [1.165, 1.54) is 44.3 Å². The number of hydrogen-bond acceptors (Lipinski definition) is 4. The summed E-state index contributed by atoms with van der Waals surface area (Å²) >= 11 is 0. The molecule has 0 radical (unpaired) electrons. The molecule has 0 amide bonds. The average molecular weight is 710 g/mol. The zero-order chi connectivity index (χ0) is 38.1. The summed E-state index contributed by atoms with van der Waals surface area (Å²) < 4.78 is 11.0. The molecule has 0 saturated heterocycles. The molecule has 0 aliphatic heterocycles. The zero-order valence-corrected chi connectivity index (χ0v) is 33.0. The van der Waals surface area contributed by atoms with Crippen molar-refractivity contribution in [2.75, 3.05) is 0 Å². The number of fused-ring (bicyclic) bond motifs is 3. The van der Waals surface area contributed by atoms with Crippen LogP contribution in [0.15, 0.2) is 104 Å². The van der Waals surface area contributed by atoms with Gasteiger partial charge in [0.15, 0.2) is 5.82 Å². The third kappa shape index (κ3) is 6.26. The zero-order valence-electron chi connectivity index (χ0n) is 33.0. The molecular formula is C48H47N5O. The highest BCUT2D eigenvalue weighted by Gasteiger charge is 2.21. The second-order valence-electron chi connectivity index (χ2n) is 16.0. The predicted octanol–water partition coefficient (Wildman–Crippen LogP) is 12.3. The molecular weight excluding hydrogens is 663 g/mol. The molecule has 6 nitrogen and oxygen atoms in total. The predicted molar refractivity (Wildman–Crippen MR) is 223 cm³/mol. The first kappa shape index (κ1) is 35.0. The van der Waals surface area contributed by atoms with Crippen molar-refractivity contribution < 1.29 is 4.74 Å². The molecule has 0 fully saturated rings. The van der Waals surface area contributed by atoms with Gasteiger partial charge in [0.1, 0.15) is 23.6 Å². The van der Waals surface area contributed by atoms with Crippen LogP contribution in [0.2, 0.25) is 0 Å². The summed E-state index contributed by atoms with van der Waals surface area (Å²) in [6.45, 7) is 21.7. The Morgan fingerprint density at radius 3 is 1.98 bits per heavy atom. The minimum absolute atomic E-state index is 0.128. The summed E-state index contributed by atoms with van der Waals surface area (Å²) in [6.07, 6.45) is 3.73. The fourth-order valence-electron chi connectivity index (χ4n) is 8.18. The van der Waals surface area contributed by atoms with Crippen molar-refractivity contribution in [1.82, 2.24) is 24.3 Å². The first-order valence-corrected chi connectivity index (χ1v) is 18.7. The number of pyridine rings is 1. The smallest absolute Gasteiger partial charge is 0.181 e. The third-order valence-corrected chi connectivity index (χ3v) is 10.5. The van der Waals surface area contributed by atoms with Crippen molar-refractivity contribution in [3.63, 3.8) is 0 Å². The lowest BCUT2D eigenvalue weighted by Gasteiger charge is -2.21. The number of hydrogen-bond donors (Lipinski definition) is 0. The molecule has 0 bridgehead atoms. The molecule has 5 aromatic carbocycles. The SMILES string of the molecule is Cc1cc(C)c(-c2ccnc(-n3c4ccccc4c4cc(C)c(Oc5cc(-c6ncn(-c7c(C)cc(C)cc7C)n6)cc(C(C)(C)C)c5)cc43)c2)c(C)c1. The first-order valence-electron chi connectivity index (χ1n) is 18.7. The van der Waals surface area contributed by atoms with Crippen molar-refractivity contribution in [1.29, 1.82) is 0 Å². The molecule has 0 N–H and O–H groups in total. The van der Waals surface area contributed by atoms with E-state index in [0.717, 1.165) is 61.7 Å². The Kier molecular flexibility index (Phi) is 8.52. The van der Waals surface area contributed by atoms with Crippen molar-refractivity contribution in [2.24, 2.45) is 0 Å². The van der Waals surface area contributed by atoms with E-state index >= 15 is 0 Å². The highest BCUT2D eigenvalue weighted by molar-refractivity contribution is 6.10. The molecule has 3 heterocycles. The Hall–Kier alpha value is -6.01. The monoisotopic (exact) mass is 709 g/mol. The van der Waals surface area contributed by atoms with Gasteiger partial charge in [0.2, 0.25) is 0 Å². The highest BCUT2D eigenvalue weighted by Crippen LogP contribution is 2.40. The lowest BCUT2D eigenvalue weighted by molar-refractivity contribution is 0.476. The summed E-state index contributed by atoms with van der Waals surface area (Å²) in [4.78, 5) is 9.75. The van der Waals surface area contributed by atoms with E-state index < -0.39 is 0 Å². The van der Waals surface area contributed by atoms with E-state index in [9.17, 15) is 0 Å². The summed E-state index contributed by atoms with van der Waals surface area (Å²) in [5.74, 6) is 3.05. The van der Waals surface area contributed by atoms with Crippen LogP contribution in [0, 0.1) is 48.5 Å². The van der Waals surface area contributed by atoms with Crippen LogP contribution in [0.5, 0.6) is 11.5 Å². The summed E-state index contributed by atoms with van der Waals surface area (Å²) in [5.41, 5.74) is 15.9. The molecule has 8 aromatic rings. The molecule has 0 saturated carbocycles. The maximum atomic E-state index is 6.88. The fourth-order valence-corrected chi connectivity index (χ4v) is 8.18. The van der Waals surface area contributed by atoms with Crippen LogP contribution in [0.3, 0.4) is 0 Å². The number of aryl methyl sites for hydroxylation is 7. The minimum atomic E-state index is -0.128. The minimum Gasteiger partial charge on any atom is -0.457 e. The average Bonchev–Trinajstić information content (AvgIpc) is 3.70. The van der Waals surface area contributed by atoms with E-state index in [1.54, 1.807) is 0 Å². The maximum absolute atomic E-state index is 6.88. The maximum Gasteiger partial charge on any atom is 0.181 e. The third-order valence-electron chi connectivity index (χ3n) is 10.5. The lowest BCUT2D eigenvalue weighted by atomic mass is 9.86. The van der Waals surface area contributed by atoms with Gasteiger partial charge in [-0.2, -0.15) is 0 Å². The largest absolute Gasteiger partial charge is 0.457 e. The fraction of sp³-hybridized carbons (Fsp3) is 0.229. The Morgan fingerprint density at radius 2 is 1.28 bits per heavy atom. The first-order chi connectivity index (χ1) is 25.7. The van der Waals surface area contributed by atoms with E-state index in [-0.39, 0.29) is 5.41 Å². The number of ether oxygens (including phenoxy) is 1. The Balaban J connectivity index is 1.24. The molecule has 0 unspecified atom stereocenters. The van der Waals surface area contributed by atoms with Gasteiger partial charge in [-0.1, -0.05) is 74.4 Å². The van der Waals surface area contributed by atoms with Crippen molar-refractivity contribution in [2.45, 2.75) is 74.7 Å². The molecule has 3 aromatic heterocycles. The van der Waals surface area contributed by atoms with Gasteiger partial charge in [0, 0.05) is 28.6 Å². The normalized spacial score (nSPS) is 11.9. The summed E-state index contributed by atoms with van der Waals surface area (Å²) in [7, 11) is 0. The van der Waals surface area contributed by atoms with Crippen molar-refractivity contribution in [3.05, 3.63) is 148 Å². The molecule has 270 valence electrons. The van der Waals surface area contributed by atoms with Crippen LogP contribution in [0.4, 0.5) is 0 Å². The van der Waals surface area contributed by atoms with Crippen LogP contribution >= 0.6 is 0 Å². The van der Waals surface area contributed by atoms with Gasteiger partial charge in [-0.15, -0.1) is 5.10 Å². The second kappa shape index (κ2) is 13.1. The number of nitrogens with zero attached hydrogens (tertiary/aromatic N) is 5. The molecule has 0 aliphatic rings. The van der Waals surface area contributed by atoms with Gasteiger partial charge in [-0.25, -0.2) is 14.6 Å². The molecule has 6 heteroatoms. The standard InChI is InChI=1S/C48H47N5O/c1-28-17-31(4)45(32(5)18-28)35-15-16-49-44(24-35)53-41-14-12-11-13-39(41)40-21-30(3)43(26-42(40)53)54-38-23-36(22-37(25-38)48(8,9)10)47-50-27-52(51-47)46-33(6)19-29(2)20-34(46)7/h11-27H,1-10H3. The van der Waals surface area contributed by atoms with Gasteiger partial charge >= 0.3 is 0 Å². The molecule has 0 spiro atoms. The Morgan fingerprint density at radius 1 is 0.593 bits per heavy atom. The van der Waals surface area contributed by atoms with Gasteiger partial charge < -0.3 is 4.74 Å². The van der Waals surface area contributed by atoms with E-state index in [2.05, 4.69) is 165 Å². The van der Waals surface area contributed by atoms with Crippen LogP contribution in [-0.2, 0) is 5.41 Å². The topological polar surface area (TPSA) is 57.8 Å². The second-order valence-corrected chi connectivity index (χ2v) is 16.0. The van der Waals surface area contributed by atoms with Gasteiger partial charge in [-0.05, 0) is 141 Å². The van der Waals surface area contributed by atoms with Crippen molar-refractivity contribution in [3.8, 4) is 45.5 Å². The molecule has 8 rings (SSSR count). The number of benzene rings is 5. The van der Waals surface area contributed by atoms with Crippen LogP contribution in [0.25, 0.3) is 55.8 Å². The molecule has 54 heavy (non-hydrogen) atoms. The van der Waals surface area contributed by atoms with Gasteiger partial charge in [-0.3, -0.25) is 4.57 Å². The van der Waals surface area contributed by atoms with Crippen LogP contribution < -0.4 is 4.74 Å². The Bertz CT molecular complexity index is 2710. The molecule has 0 atom stereocenters. The summed E-state index contributed by atoms with van der Waals surface area (Å²) in [6, 6.07) is 32.6. The Labute approximate surface area is 318 Å².